The van der Waals surface area contributed by atoms with Crippen LogP contribution in [0, 0.1) is 9.39 Å². The van der Waals surface area contributed by atoms with E-state index in [0.29, 0.717) is 17.9 Å². The van der Waals surface area contributed by atoms with E-state index < -0.39 is 5.82 Å². The molecule has 0 atom stereocenters. The van der Waals surface area contributed by atoms with Gasteiger partial charge in [-0.05, 0) is 53.4 Å². The van der Waals surface area contributed by atoms with Crippen LogP contribution in [0.25, 0.3) is 0 Å². The number of halogens is 2. The van der Waals surface area contributed by atoms with E-state index in [2.05, 4.69) is 32.9 Å². The van der Waals surface area contributed by atoms with Gasteiger partial charge in [-0.25, -0.2) is 9.37 Å². The van der Waals surface area contributed by atoms with Crippen LogP contribution in [0.3, 0.4) is 0 Å². The van der Waals surface area contributed by atoms with Crippen molar-refractivity contribution in [2.75, 3.05) is 6.54 Å². The number of hydrogen-bond donors (Lipinski definition) is 1. The minimum Gasteiger partial charge on any atom is -0.436 e. The van der Waals surface area contributed by atoms with E-state index in [4.69, 9.17) is 4.74 Å². The van der Waals surface area contributed by atoms with Crippen molar-refractivity contribution in [2.24, 2.45) is 0 Å². The SMILES string of the molecule is CCNCc1ccnc(Oc2cccc(I)c2)c1F. The number of nitrogens with one attached hydrogen (secondary N) is 1. The Kier molecular flexibility index (Phi) is 5.09. The van der Waals surface area contributed by atoms with Crippen LogP contribution in [0.1, 0.15) is 12.5 Å². The van der Waals surface area contributed by atoms with Gasteiger partial charge in [-0.3, -0.25) is 0 Å². The third kappa shape index (κ3) is 3.87. The summed E-state index contributed by atoms with van der Waals surface area (Å²) in [7, 11) is 0. The average molecular weight is 372 g/mol. The van der Waals surface area contributed by atoms with Crippen LogP contribution in [-0.4, -0.2) is 11.5 Å². The Bertz CT molecular complexity index is 563. The molecule has 0 fully saturated rings. The molecule has 0 radical (unpaired) electrons. The summed E-state index contributed by atoms with van der Waals surface area (Å²) >= 11 is 2.18. The first-order valence-corrected chi connectivity index (χ1v) is 7.06. The monoisotopic (exact) mass is 372 g/mol. The van der Waals surface area contributed by atoms with Crippen molar-refractivity contribution in [3.63, 3.8) is 0 Å². The molecular formula is C14H14FIN2O. The quantitative estimate of drug-likeness (QED) is 0.813. The topological polar surface area (TPSA) is 34.2 Å². The Morgan fingerprint density at radius 3 is 2.95 bits per heavy atom. The molecule has 2 aromatic rings. The summed E-state index contributed by atoms with van der Waals surface area (Å²) in [6.07, 6.45) is 1.55. The van der Waals surface area contributed by atoms with Gasteiger partial charge in [0.15, 0.2) is 5.82 Å². The van der Waals surface area contributed by atoms with Crippen LogP contribution in [0.5, 0.6) is 11.6 Å². The lowest BCUT2D eigenvalue weighted by molar-refractivity contribution is 0.417. The molecule has 0 aliphatic rings. The molecule has 0 unspecified atom stereocenters. The zero-order chi connectivity index (χ0) is 13.7. The number of benzene rings is 1. The molecule has 1 heterocycles. The Morgan fingerprint density at radius 1 is 1.37 bits per heavy atom. The third-order valence-corrected chi connectivity index (χ3v) is 3.18. The summed E-state index contributed by atoms with van der Waals surface area (Å²) < 4.78 is 20.7. The normalized spacial score (nSPS) is 10.5. The summed E-state index contributed by atoms with van der Waals surface area (Å²) in [5.74, 6) is 0.179. The van der Waals surface area contributed by atoms with Crippen LogP contribution >= 0.6 is 22.6 Å². The van der Waals surface area contributed by atoms with Crippen molar-refractivity contribution in [3.05, 3.63) is 51.5 Å². The summed E-state index contributed by atoms with van der Waals surface area (Å²) in [5, 5.41) is 3.08. The maximum Gasteiger partial charge on any atom is 0.256 e. The van der Waals surface area contributed by atoms with Crippen molar-refractivity contribution < 1.29 is 9.13 Å². The zero-order valence-corrected chi connectivity index (χ0v) is 12.6. The predicted molar refractivity (Wildman–Crippen MR) is 80.8 cm³/mol. The molecule has 3 nitrogen and oxygen atoms in total. The molecule has 1 N–H and O–H groups in total. The summed E-state index contributed by atoms with van der Waals surface area (Å²) in [4.78, 5) is 3.94. The lowest BCUT2D eigenvalue weighted by Gasteiger charge is -2.09. The Morgan fingerprint density at radius 2 is 2.21 bits per heavy atom. The van der Waals surface area contributed by atoms with Crippen LogP contribution in [0.15, 0.2) is 36.5 Å². The lowest BCUT2D eigenvalue weighted by atomic mass is 10.2. The van der Waals surface area contributed by atoms with E-state index in [1.165, 1.54) is 0 Å². The number of aromatic nitrogens is 1. The fourth-order valence-electron chi connectivity index (χ4n) is 1.57. The minimum absolute atomic E-state index is 0.0115. The molecule has 19 heavy (non-hydrogen) atoms. The highest BCUT2D eigenvalue weighted by molar-refractivity contribution is 14.1. The van der Waals surface area contributed by atoms with Gasteiger partial charge < -0.3 is 10.1 Å². The van der Waals surface area contributed by atoms with Gasteiger partial charge in [0, 0.05) is 21.9 Å². The smallest absolute Gasteiger partial charge is 0.256 e. The molecule has 1 aromatic carbocycles. The minimum atomic E-state index is -0.415. The predicted octanol–water partition coefficient (Wildman–Crippen LogP) is 3.73. The maximum absolute atomic E-state index is 14.2. The van der Waals surface area contributed by atoms with Crippen molar-refractivity contribution in [2.45, 2.75) is 13.5 Å². The molecule has 2 rings (SSSR count). The van der Waals surface area contributed by atoms with Gasteiger partial charge in [0.2, 0.25) is 0 Å². The van der Waals surface area contributed by atoms with Gasteiger partial charge >= 0.3 is 0 Å². The molecule has 0 spiro atoms. The standard InChI is InChI=1S/C14H14FIN2O/c1-2-17-9-10-6-7-18-14(13(10)15)19-12-5-3-4-11(16)8-12/h3-8,17H,2,9H2,1H3. The van der Waals surface area contributed by atoms with Crippen LogP contribution in [0.2, 0.25) is 0 Å². The summed E-state index contributed by atoms with van der Waals surface area (Å²) in [6, 6.07) is 9.06. The van der Waals surface area contributed by atoms with Gasteiger partial charge in [0.05, 0.1) is 0 Å². The lowest BCUT2D eigenvalue weighted by Crippen LogP contribution is -2.13. The number of rotatable bonds is 5. The van der Waals surface area contributed by atoms with E-state index in [-0.39, 0.29) is 5.88 Å². The van der Waals surface area contributed by atoms with Gasteiger partial charge in [0.25, 0.3) is 5.88 Å². The molecule has 1 aromatic heterocycles. The van der Waals surface area contributed by atoms with E-state index in [9.17, 15) is 4.39 Å². The van der Waals surface area contributed by atoms with Gasteiger partial charge in [-0.15, -0.1) is 0 Å². The molecule has 0 amide bonds. The van der Waals surface area contributed by atoms with E-state index in [1.807, 2.05) is 25.1 Å². The summed E-state index contributed by atoms with van der Waals surface area (Å²) in [5.41, 5.74) is 0.553. The largest absolute Gasteiger partial charge is 0.436 e. The number of ether oxygens (including phenoxy) is 1. The van der Waals surface area contributed by atoms with E-state index in [0.717, 1.165) is 10.1 Å². The highest BCUT2D eigenvalue weighted by atomic mass is 127. The van der Waals surface area contributed by atoms with Crippen molar-refractivity contribution in [1.82, 2.24) is 10.3 Å². The first kappa shape index (κ1) is 14.2. The molecule has 0 saturated heterocycles. The first-order chi connectivity index (χ1) is 9.20. The van der Waals surface area contributed by atoms with E-state index in [1.54, 1.807) is 18.3 Å². The molecule has 100 valence electrons. The maximum atomic E-state index is 14.2. The third-order valence-electron chi connectivity index (χ3n) is 2.51. The highest BCUT2D eigenvalue weighted by Gasteiger charge is 2.11. The number of pyridine rings is 1. The van der Waals surface area contributed by atoms with Crippen LogP contribution < -0.4 is 10.1 Å². The van der Waals surface area contributed by atoms with Gasteiger partial charge in [0.1, 0.15) is 5.75 Å². The van der Waals surface area contributed by atoms with Crippen molar-refractivity contribution in [3.8, 4) is 11.6 Å². The van der Waals surface area contributed by atoms with Crippen LogP contribution in [-0.2, 0) is 6.54 Å². The number of nitrogens with zero attached hydrogens (tertiary/aromatic N) is 1. The Balaban J connectivity index is 2.20. The average Bonchev–Trinajstić information content (AvgIpc) is 2.40. The molecule has 0 bridgehead atoms. The van der Waals surface area contributed by atoms with Crippen molar-refractivity contribution in [1.29, 1.82) is 0 Å². The second-order valence-corrected chi connectivity index (χ2v) is 5.17. The van der Waals surface area contributed by atoms with Gasteiger partial charge in [-0.2, -0.15) is 0 Å². The van der Waals surface area contributed by atoms with E-state index >= 15 is 0 Å². The van der Waals surface area contributed by atoms with Crippen LogP contribution in [0.4, 0.5) is 4.39 Å². The molecule has 5 heteroatoms. The first-order valence-electron chi connectivity index (χ1n) is 5.98. The fourth-order valence-corrected chi connectivity index (χ4v) is 2.09. The second-order valence-electron chi connectivity index (χ2n) is 3.93. The highest BCUT2D eigenvalue weighted by Crippen LogP contribution is 2.25. The molecule has 0 aliphatic heterocycles. The van der Waals surface area contributed by atoms with Crippen molar-refractivity contribution >= 4 is 22.6 Å². The fraction of sp³-hybridized carbons (Fsp3) is 0.214. The second kappa shape index (κ2) is 6.81. The zero-order valence-electron chi connectivity index (χ0n) is 10.5. The molecule has 0 saturated carbocycles. The Hall–Kier alpha value is -1.21. The molecular weight excluding hydrogens is 358 g/mol. The van der Waals surface area contributed by atoms with Gasteiger partial charge in [-0.1, -0.05) is 13.0 Å². The Labute approximate surface area is 125 Å². The summed E-state index contributed by atoms with van der Waals surface area (Å²) in [6.45, 7) is 3.23. The number of hydrogen-bond acceptors (Lipinski definition) is 3. The molecule has 0 aliphatic carbocycles.